The molecule has 0 aliphatic carbocycles. The SMILES string of the molecule is O=C(O)C=Cc1ccccc1C(=O)Nc1cccc(C(F)(F)F)c1. The standard InChI is InChI=1S/C17H12F3NO3/c18-17(19,20)12-5-3-6-13(10-12)21-16(24)14-7-2-1-4-11(14)8-9-15(22)23/h1-10H,(H,21,24)(H,22,23). The lowest BCUT2D eigenvalue weighted by molar-refractivity contribution is -0.137. The summed E-state index contributed by atoms with van der Waals surface area (Å²) in [6.45, 7) is 0. The van der Waals surface area contributed by atoms with Crippen LogP contribution in [0.4, 0.5) is 18.9 Å². The molecule has 1 amide bonds. The number of hydrogen-bond acceptors (Lipinski definition) is 2. The zero-order chi connectivity index (χ0) is 17.7. The van der Waals surface area contributed by atoms with Crippen molar-refractivity contribution < 1.29 is 27.9 Å². The molecule has 24 heavy (non-hydrogen) atoms. The number of nitrogens with one attached hydrogen (secondary N) is 1. The molecule has 0 heterocycles. The molecule has 2 aromatic rings. The third-order valence-electron chi connectivity index (χ3n) is 3.06. The van der Waals surface area contributed by atoms with Crippen molar-refractivity contribution in [3.05, 3.63) is 71.3 Å². The van der Waals surface area contributed by atoms with E-state index in [-0.39, 0.29) is 11.3 Å². The Kier molecular flexibility index (Phi) is 5.03. The third-order valence-corrected chi connectivity index (χ3v) is 3.06. The molecule has 4 nitrogen and oxygen atoms in total. The van der Waals surface area contributed by atoms with Crippen molar-refractivity contribution in [1.82, 2.24) is 0 Å². The summed E-state index contributed by atoms with van der Waals surface area (Å²) in [7, 11) is 0. The van der Waals surface area contributed by atoms with Crippen molar-refractivity contribution in [1.29, 1.82) is 0 Å². The number of carboxylic acids is 1. The third kappa shape index (κ3) is 4.45. The van der Waals surface area contributed by atoms with Crippen molar-refractivity contribution in [3.63, 3.8) is 0 Å². The quantitative estimate of drug-likeness (QED) is 0.828. The molecule has 2 aromatic carbocycles. The van der Waals surface area contributed by atoms with Crippen molar-refractivity contribution in [3.8, 4) is 0 Å². The van der Waals surface area contributed by atoms with Gasteiger partial charge in [-0.05, 0) is 35.9 Å². The van der Waals surface area contributed by atoms with Crippen molar-refractivity contribution in [2.24, 2.45) is 0 Å². The van der Waals surface area contributed by atoms with Gasteiger partial charge in [0.25, 0.3) is 5.91 Å². The van der Waals surface area contributed by atoms with Crippen LogP contribution in [0.5, 0.6) is 0 Å². The van der Waals surface area contributed by atoms with Gasteiger partial charge in [0.05, 0.1) is 5.56 Å². The fourth-order valence-electron chi connectivity index (χ4n) is 1.98. The van der Waals surface area contributed by atoms with Gasteiger partial charge in [-0.1, -0.05) is 24.3 Å². The highest BCUT2D eigenvalue weighted by molar-refractivity contribution is 6.07. The number of carbonyl (C=O) groups is 2. The molecule has 0 unspecified atom stereocenters. The molecule has 0 aromatic heterocycles. The van der Waals surface area contributed by atoms with Gasteiger partial charge in [0.1, 0.15) is 0 Å². The molecule has 2 N–H and O–H groups in total. The van der Waals surface area contributed by atoms with Crippen LogP contribution in [0.2, 0.25) is 0 Å². The average Bonchev–Trinajstić information content (AvgIpc) is 2.52. The van der Waals surface area contributed by atoms with Crippen LogP contribution in [0.25, 0.3) is 6.08 Å². The molecule has 0 atom stereocenters. The molecule has 0 spiro atoms. The smallest absolute Gasteiger partial charge is 0.416 e. The van der Waals surface area contributed by atoms with Gasteiger partial charge in [0.2, 0.25) is 0 Å². The summed E-state index contributed by atoms with van der Waals surface area (Å²) >= 11 is 0. The predicted molar refractivity (Wildman–Crippen MR) is 82.5 cm³/mol. The largest absolute Gasteiger partial charge is 0.478 e. The number of halogens is 3. The first-order valence-corrected chi connectivity index (χ1v) is 6.76. The van der Waals surface area contributed by atoms with Crippen LogP contribution in [0.1, 0.15) is 21.5 Å². The van der Waals surface area contributed by atoms with Crippen LogP contribution in [-0.2, 0) is 11.0 Å². The Balaban J connectivity index is 2.27. The van der Waals surface area contributed by atoms with E-state index >= 15 is 0 Å². The minimum absolute atomic E-state index is 0.00755. The van der Waals surface area contributed by atoms with Crippen molar-refractivity contribution in [2.45, 2.75) is 6.18 Å². The molecular formula is C17H12F3NO3. The van der Waals surface area contributed by atoms with Crippen molar-refractivity contribution in [2.75, 3.05) is 5.32 Å². The zero-order valence-electron chi connectivity index (χ0n) is 12.2. The number of anilines is 1. The minimum atomic E-state index is -4.51. The number of amides is 1. The predicted octanol–water partition coefficient (Wildman–Crippen LogP) is 4.06. The lowest BCUT2D eigenvalue weighted by Crippen LogP contribution is -2.14. The van der Waals surface area contributed by atoms with Gasteiger partial charge in [0.15, 0.2) is 0 Å². The monoisotopic (exact) mass is 335 g/mol. The van der Waals surface area contributed by atoms with E-state index in [0.717, 1.165) is 18.2 Å². The summed E-state index contributed by atoms with van der Waals surface area (Å²) in [5, 5.41) is 11.0. The summed E-state index contributed by atoms with van der Waals surface area (Å²) in [6.07, 6.45) is -2.40. The highest BCUT2D eigenvalue weighted by Gasteiger charge is 2.30. The number of carboxylic acid groups (broad SMARTS) is 1. The second-order valence-electron chi connectivity index (χ2n) is 4.79. The van der Waals surface area contributed by atoms with Crippen LogP contribution in [-0.4, -0.2) is 17.0 Å². The first-order chi connectivity index (χ1) is 11.3. The van der Waals surface area contributed by atoms with E-state index in [1.165, 1.54) is 30.3 Å². The van der Waals surface area contributed by atoms with E-state index in [1.54, 1.807) is 12.1 Å². The summed E-state index contributed by atoms with van der Waals surface area (Å²) in [4.78, 5) is 22.8. The van der Waals surface area contributed by atoms with E-state index in [4.69, 9.17) is 5.11 Å². The number of hydrogen-bond donors (Lipinski definition) is 2. The lowest BCUT2D eigenvalue weighted by atomic mass is 10.1. The highest BCUT2D eigenvalue weighted by Crippen LogP contribution is 2.30. The highest BCUT2D eigenvalue weighted by atomic mass is 19.4. The fraction of sp³-hybridized carbons (Fsp3) is 0.0588. The molecule has 0 saturated heterocycles. The first kappa shape index (κ1) is 17.3. The Morgan fingerprint density at radius 2 is 1.75 bits per heavy atom. The maximum Gasteiger partial charge on any atom is 0.416 e. The lowest BCUT2D eigenvalue weighted by Gasteiger charge is -2.11. The van der Waals surface area contributed by atoms with Crippen LogP contribution < -0.4 is 5.32 Å². The van der Waals surface area contributed by atoms with Gasteiger partial charge >= 0.3 is 12.1 Å². The Morgan fingerprint density at radius 3 is 2.42 bits per heavy atom. The van der Waals surface area contributed by atoms with Crippen LogP contribution in [0.3, 0.4) is 0 Å². The van der Waals surface area contributed by atoms with E-state index in [9.17, 15) is 22.8 Å². The van der Waals surface area contributed by atoms with E-state index in [0.29, 0.717) is 5.56 Å². The van der Waals surface area contributed by atoms with Gasteiger partial charge in [-0.25, -0.2) is 4.79 Å². The van der Waals surface area contributed by atoms with Gasteiger partial charge < -0.3 is 10.4 Å². The average molecular weight is 335 g/mol. The topological polar surface area (TPSA) is 66.4 Å². The Hall–Kier alpha value is -3.09. The van der Waals surface area contributed by atoms with Gasteiger partial charge in [-0.2, -0.15) is 13.2 Å². The van der Waals surface area contributed by atoms with Crippen LogP contribution in [0, 0.1) is 0 Å². The Bertz CT molecular complexity index is 798. The molecule has 7 heteroatoms. The molecule has 124 valence electrons. The second-order valence-corrected chi connectivity index (χ2v) is 4.79. The summed E-state index contributed by atoms with van der Waals surface area (Å²) in [5.41, 5.74) is -0.400. The van der Waals surface area contributed by atoms with E-state index < -0.39 is 23.6 Å². The number of aliphatic carboxylic acids is 1. The summed E-state index contributed by atoms with van der Waals surface area (Å²) < 4.78 is 38.1. The van der Waals surface area contributed by atoms with Gasteiger partial charge in [0, 0.05) is 17.3 Å². The normalized spacial score (nSPS) is 11.5. The molecule has 0 aliphatic rings. The summed E-state index contributed by atoms with van der Waals surface area (Å²) in [6, 6.07) is 10.4. The van der Waals surface area contributed by atoms with Crippen LogP contribution in [0.15, 0.2) is 54.6 Å². The molecule has 0 fully saturated rings. The minimum Gasteiger partial charge on any atom is -0.478 e. The Labute approximate surface area is 135 Å². The number of benzene rings is 2. The molecule has 0 aliphatic heterocycles. The molecule has 0 saturated carbocycles. The van der Waals surface area contributed by atoms with E-state index in [2.05, 4.69) is 5.32 Å². The van der Waals surface area contributed by atoms with Gasteiger partial charge in [-0.3, -0.25) is 4.79 Å². The number of rotatable bonds is 4. The van der Waals surface area contributed by atoms with Gasteiger partial charge in [-0.15, -0.1) is 0 Å². The number of alkyl halides is 3. The molecule has 0 radical (unpaired) electrons. The number of carbonyl (C=O) groups excluding carboxylic acids is 1. The maximum atomic E-state index is 12.7. The first-order valence-electron chi connectivity index (χ1n) is 6.76. The summed E-state index contributed by atoms with van der Waals surface area (Å²) in [5.74, 6) is -1.82. The zero-order valence-corrected chi connectivity index (χ0v) is 12.2. The van der Waals surface area contributed by atoms with Crippen LogP contribution >= 0.6 is 0 Å². The fourth-order valence-corrected chi connectivity index (χ4v) is 1.98. The maximum absolute atomic E-state index is 12.7. The molecule has 0 bridgehead atoms. The second kappa shape index (κ2) is 6.99. The van der Waals surface area contributed by atoms with Crippen molar-refractivity contribution >= 4 is 23.6 Å². The molecular weight excluding hydrogens is 323 g/mol. The Morgan fingerprint density at radius 1 is 1.04 bits per heavy atom. The molecule has 2 rings (SSSR count). The van der Waals surface area contributed by atoms with E-state index in [1.807, 2.05) is 0 Å².